The first-order valence-electron chi connectivity index (χ1n) is 8.35. The first-order valence-corrected chi connectivity index (χ1v) is 9.23. The molecule has 1 heterocycles. The van der Waals surface area contributed by atoms with E-state index in [1.165, 1.54) is 6.07 Å². The second-order valence-corrected chi connectivity index (χ2v) is 7.60. The maximum atomic E-state index is 12.6. The van der Waals surface area contributed by atoms with Gasteiger partial charge in [0, 0.05) is 22.5 Å². The molecule has 3 rings (SSSR count). The summed E-state index contributed by atoms with van der Waals surface area (Å²) < 4.78 is 0. The standard InChI is InChI=1S/C18H21N3O3S/c1-11(2)17(16-4-3-9-25-16)20-18(22)12-5-8-14(19-13-6-7-13)15(10-12)21(23)24/h3-5,8-11,13,17,19H,6-7H2,1-2H3,(H,20,22)/t17-/m0/s1. The van der Waals surface area contributed by atoms with Gasteiger partial charge in [0.1, 0.15) is 5.69 Å². The van der Waals surface area contributed by atoms with Gasteiger partial charge in [-0.15, -0.1) is 11.3 Å². The maximum absolute atomic E-state index is 12.6. The number of carbonyl (C=O) groups is 1. The average molecular weight is 359 g/mol. The lowest BCUT2D eigenvalue weighted by molar-refractivity contribution is -0.384. The number of nitrogens with zero attached hydrogens (tertiary/aromatic N) is 1. The van der Waals surface area contributed by atoms with Crippen LogP contribution in [0.4, 0.5) is 11.4 Å². The second-order valence-electron chi connectivity index (χ2n) is 6.62. The molecule has 0 saturated heterocycles. The van der Waals surface area contributed by atoms with Gasteiger partial charge in [0.25, 0.3) is 11.6 Å². The molecule has 0 radical (unpaired) electrons. The maximum Gasteiger partial charge on any atom is 0.293 e. The van der Waals surface area contributed by atoms with E-state index in [-0.39, 0.29) is 23.6 Å². The minimum absolute atomic E-state index is 0.0585. The van der Waals surface area contributed by atoms with Crippen LogP contribution in [0.25, 0.3) is 0 Å². The molecule has 1 aromatic carbocycles. The van der Waals surface area contributed by atoms with Crippen molar-refractivity contribution in [1.82, 2.24) is 5.32 Å². The fourth-order valence-electron chi connectivity index (χ4n) is 2.65. The molecule has 1 aromatic heterocycles. The Balaban J connectivity index is 1.81. The van der Waals surface area contributed by atoms with Crippen LogP contribution < -0.4 is 10.6 Å². The zero-order chi connectivity index (χ0) is 18.0. The molecule has 132 valence electrons. The number of benzene rings is 1. The van der Waals surface area contributed by atoms with Crippen LogP contribution in [0.2, 0.25) is 0 Å². The Kier molecular flexibility index (Phi) is 5.03. The van der Waals surface area contributed by atoms with Crippen LogP contribution >= 0.6 is 11.3 Å². The van der Waals surface area contributed by atoms with Crippen molar-refractivity contribution >= 4 is 28.6 Å². The quantitative estimate of drug-likeness (QED) is 0.568. The topological polar surface area (TPSA) is 84.3 Å². The molecule has 0 bridgehead atoms. The highest BCUT2D eigenvalue weighted by molar-refractivity contribution is 7.10. The van der Waals surface area contributed by atoms with Gasteiger partial charge in [-0.05, 0) is 42.3 Å². The van der Waals surface area contributed by atoms with Crippen LogP contribution in [-0.2, 0) is 0 Å². The molecule has 1 atom stereocenters. The Bertz CT molecular complexity index is 770. The van der Waals surface area contributed by atoms with E-state index in [1.54, 1.807) is 23.5 Å². The second kappa shape index (κ2) is 7.23. The van der Waals surface area contributed by atoms with Crippen LogP contribution in [0.3, 0.4) is 0 Å². The summed E-state index contributed by atoms with van der Waals surface area (Å²) in [5, 5.41) is 19.5. The molecule has 1 saturated carbocycles. The van der Waals surface area contributed by atoms with Crippen LogP contribution in [0.15, 0.2) is 35.7 Å². The van der Waals surface area contributed by atoms with Crippen LogP contribution in [0, 0.1) is 16.0 Å². The lowest BCUT2D eigenvalue weighted by Crippen LogP contribution is -2.31. The molecule has 1 fully saturated rings. The third-order valence-electron chi connectivity index (χ3n) is 4.20. The number of amides is 1. The SMILES string of the molecule is CC(C)[C@H](NC(=O)c1ccc(NC2CC2)c([N+](=O)[O-])c1)c1cccs1. The van der Waals surface area contributed by atoms with Gasteiger partial charge in [-0.3, -0.25) is 14.9 Å². The van der Waals surface area contributed by atoms with Crippen molar-refractivity contribution in [3.8, 4) is 0 Å². The van der Waals surface area contributed by atoms with Crippen molar-refractivity contribution in [2.75, 3.05) is 5.32 Å². The number of hydrogen-bond acceptors (Lipinski definition) is 5. The molecule has 7 heteroatoms. The van der Waals surface area contributed by atoms with Crippen molar-refractivity contribution in [3.05, 3.63) is 56.3 Å². The van der Waals surface area contributed by atoms with E-state index < -0.39 is 4.92 Å². The van der Waals surface area contributed by atoms with Crippen LogP contribution in [-0.4, -0.2) is 16.9 Å². The van der Waals surface area contributed by atoms with Gasteiger partial charge in [0.15, 0.2) is 0 Å². The third-order valence-corrected chi connectivity index (χ3v) is 5.15. The summed E-state index contributed by atoms with van der Waals surface area (Å²) in [5.74, 6) is -0.0819. The van der Waals surface area contributed by atoms with E-state index in [9.17, 15) is 14.9 Å². The number of carbonyl (C=O) groups excluding carboxylic acids is 1. The van der Waals surface area contributed by atoms with E-state index >= 15 is 0 Å². The highest BCUT2D eigenvalue weighted by Gasteiger charge is 2.26. The van der Waals surface area contributed by atoms with Crippen molar-refractivity contribution < 1.29 is 9.72 Å². The fourth-order valence-corrected chi connectivity index (χ4v) is 3.60. The van der Waals surface area contributed by atoms with E-state index in [0.29, 0.717) is 17.3 Å². The summed E-state index contributed by atoms with van der Waals surface area (Å²) in [6, 6.07) is 8.75. The highest BCUT2D eigenvalue weighted by atomic mass is 32.1. The predicted octanol–water partition coefficient (Wildman–Crippen LogP) is 4.36. The predicted molar refractivity (Wildman–Crippen MR) is 99.1 cm³/mol. The molecular formula is C18H21N3O3S. The van der Waals surface area contributed by atoms with Crippen molar-refractivity contribution in [2.24, 2.45) is 5.92 Å². The minimum Gasteiger partial charge on any atom is -0.377 e. The monoisotopic (exact) mass is 359 g/mol. The number of rotatable bonds is 7. The molecule has 25 heavy (non-hydrogen) atoms. The van der Waals surface area contributed by atoms with Gasteiger partial charge in [0.05, 0.1) is 11.0 Å². The number of hydrogen-bond donors (Lipinski definition) is 2. The highest BCUT2D eigenvalue weighted by Crippen LogP contribution is 2.32. The molecule has 1 aliphatic carbocycles. The number of nitrogens with one attached hydrogen (secondary N) is 2. The smallest absolute Gasteiger partial charge is 0.293 e. The van der Waals surface area contributed by atoms with Gasteiger partial charge >= 0.3 is 0 Å². The molecule has 0 aliphatic heterocycles. The van der Waals surface area contributed by atoms with E-state index in [2.05, 4.69) is 10.6 Å². The summed E-state index contributed by atoms with van der Waals surface area (Å²) in [6.45, 7) is 4.07. The Hall–Kier alpha value is -2.41. The van der Waals surface area contributed by atoms with E-state index in [1.807, 2.05) is 31.4 Å². The molecule has 1 amide bonds. The number of nitro groups is 1. The number of thiophene rings is 1. The minimum atomic E-state index is -0.444. The largest absolute Gasteiger partial charge is 0.377 e. The zero-order valence-electron chi connectivity index (χ0n) is 14.2. The Labute approximate surface area is 150 Å². The van der Waals surface area contributed by atoms with Crippen molar-refractivity contribution in [2.45, 2.75) is 38.8 Å². The molecule has 2 N–H and O–H groups in total. The summed E-state index contributed by atoms with van der Waals surface area (Å²) >= 11 is 1.59. The molecule has 0 unspecified atom stereocenters. The number of nitro benzene ring substituents is 1. The molecule has 0 spiro atoms. The summed E-state index contributed by atoms with van der Waals surface area (Å²) in [4.78, 5) is 24.6. The Morgan fingerprint density at radius 2 is 2.08 bits per heavy atom. The van der Waals surface area contributed by atoms with Crippen molar-refractivity contribution in [1.29, 1.82) is 0 Å². The summed E-state index contributed by atoms with van der Waals surface area (Å²) in [5.41, 5.74) is 0.717. The van der Waals surface area contributed by atoms with Gasteiger partial charge in [-0.1, -0.05) is 19.9 Å². The fraction of sp³-hybridized carbons (Fsp3) is 0.389. The van der Waals surface area contributed by atoms with Crippen LogP contribution in [0.5, 0.6) is 0 Å². The number of anilines is 1. The van der Waals surface area contributed by atoms with Gasteiger partial charge in [-0.2, -0.15) is 0 Å². The molecule has 6 nitrogen and oxygen atoms in total. The molecular weight excluding hydrogens is 338 g/mol. The zero-order valence-corrected chi connectivity index (χ0v) is 15.0. The summed E-state index contributed by atoms with van der Waals surface area (Å²) in [7, 11) is 0. The third kappa shape index (κ3) is 4.17. The van der Waals surface area contributed by atoms with Crippen molar-refractivity contribution in [3.63, 3.8) is 0 Å². The van der Waals surface area contributed by atoms with Crippen LogP contribution in [0.1, 0.15) is 48.0 Å². The average Bonchev–Trinajstić information content (AvgIpc) is 3.22. The lowest BCUT2D eigenvalue weighted by atomic mass is 10.0. The summed E-state index contributed by atoms with van der Waals surface area (Å²) in [6.07, 6.45) is 2.05. The lowest BCUT2D eigenvalue weighted by Gasteiger charge is -2.21. The normalized spacial score (nSPS) is 15.0. The van der Waals surface area contributed by atoms with Gasteiger partial charge < -0.3 is 10.6 Å². The van der Waals surface area contributed by atoms with Gasteiger partial charge in [-0.25, -0.2) is 0 Å². The van der Waals surface area contributed by atoms with E-state index in [0.717, 1.165) is 17.7 Å². The first kappa shape index (κ1) is 17.4. The Morgan fingerprint density at radius 1 is 1.32 bits per heavy atom. The molecule has 2 aromatic rings. The van der Waals surface area contributed by atoms with E-state index in [4.69, 9.17) is 0 Å². The Morgan fingerprint density at radius 3 is 2.64 bits per heavy atom. The molecule has 1 aliphatic rings. The first-order chi connectivity index (χ1) is 12.0. The van der Waals surface area contributed by atoms with Gasteiger partial charge in [0.2, 0.25) is 0 Å².